The van der Waals surface area contributed by atoms with E-state index in [1.54, 1.807) is 14.0 Å². The second kappa shape index (κ2) is 10.7. The molecule has 0 saturated carbocycles. The van der Waals surface area contributed by atoms with Crippen molar-refractivity contribution in [3.05, 3.63) is 11.3 Å². The van der Waals surface area contributed by atoms with Crippen molar-refractivity contribution in [2.24, 2.45) is 22.6 Å². The number of rotatable bonds is 9. The first-order chi connectivity index (χ1) is 13.6. The number of aliphatic hydroxyl groups excluding tert-OH is 1. The predicted molar refractivity (Wildman–Crippen MR) is 100 cm³/mol. The number of carbonyl (C=O) groups excluding carboxylic acids is 1. The van der Waals surface area contributed by atoms with Crippen LogP contribution in [-0.4, -0.2) is 90.1 Å². The maximum atomic E-state index is 12.3. The van der Waals surface area contributed by atoms with Crippen LogP contribution in [0, 0.1) is 11.8 Å². The van der Waals surface area contributed by atoms with Crippen molar-refractivity contribution in [3.8, 4) is 0 Å². The van der Waals surface area contributed by atoms with Crippen LogP contribution in [0.15, 0.2) is 16.3 Å². The van der Waals surface area contributed by atoms with Crippen molar-refractivity contribution in [2.75, 3.05) is 33.9 Å². The quantitative estimate of drug-likeness (QED) is 0.156. The van der Waals surface area contributed by atoms with Crippen molar-refractivity contribution in [1.29, 1.82) is 0 Å². The van der Waals surface area contributed by atoms with Crippen LogP contribution in [0.5, 0.6) is 0 Å². The van der Waals surface area contributed by atoms with Crippen LogP contribution in [0.1, 0.15) is 14.8 Å². The highest BCUT2D eigenvalue weighted by Crippen LogP contribution is 2.45. The predicted octanol–water partition coefficient (Wildman–Crippen LogP) is -2.22. The van der Waals surface area contributed by atoms with E-state index in [0.29, 0.717) is 30.9 Å². The number of nitrogens with zero attached hydrogens (tertiary/aromatic N) is 2. The number of β-lactam (4-membered cyclic amide) rings is 1. The molecule has 12 nitrogen and oxygen atoms in total. The number of aliphatic carboxylic acids is 1. The highest BCUT2D eigenvalue weighted by atomic mass is 16.6. The maximum Gasteiger partial charge on any atom is 1.00 e. The lowest BCUT2D eigenvalue weighted by atomic mass is 9.82. The number of amides is 1. The van der Waals surface area contributed by atoms with Gasteiger partial charge in [-0.15, -0.1) is 0 Å². The fraction of sp³-hybridized carbons (Fsp3) is 0.647. The molecule has 1 fully saturated rings. The van der Waals surface area contributed by atoms with E-state index in [9.17, 15) is 19.8 Å². The Labute approximate surface area is 169 Å². The van der Waals surface area contributed by atoms with Crippen LogP contribution in [0.4, 0.5) is 4.79 Å². The molecule has 0 aromatic heterocycles. The van der Waals surface area contributed by atoms with E-state index in [1.807, 2.05) is 0 Å². The number of nitrogens with two attached hydrogens (primary N) is 1. The first-order valence-electron chi connectivity index (χ1n) is 8.86. The van der Waals surface area contributed by atoms with Gasteiger partial charge in [0.05, 0.1) is 18.1 Å². The van der Waals surface area contributed by atoms with Gasteiger partial charge in [0.2, 0.25) is 12.1 Å². The molecule has 1 saturated heterocycles. The van der Waals surface area contributed by atoms with Crippen molar-refractivity contribution in [1.82, 2.24) is 10.2 Å². The van der Waals surface area contributed by atoms with E-state index in [0.717, 1.165) is 0 Å². The molecular weight excluding hydrogens is 388 g/mol. The van der Waals surface area contributed by atoms with Gasteiger partial charge in [0.1, 0.15) is 18.1 Å². The van der Waals surface area contributed by atoms with Gasteiger partial charge in [-0.3, -0.25) is 9.79 Å². The van der Waals surface area contributed by atoms with E-state index in [2.05, 4.69) is 10.3 Å². The molecule has 2 aliphatic rings. The zero-order valence-electron chi connectivity index (χ0n) is 17.5. The Kier molecular flexibility index (Phi) is 9.01. The topological polar surface area (TPSA) is 198 Å². The average Bonchev–Trinajstić information content (AvgIpc) is 2.93. The molecule has 2 heterocycles. The zero-order valence-corrected chi connectivity index (χ0v) is 16.5. The van der Waals surface area contributed by atoms with Crippen LogP contribution >= 0.6 is 0 Å². The third-order valence-corrected chi connectivity index (χ3v) is 4.72. The van der Waals surface area contributed by atoms with Crippen LogP contribution in [0.25, 0.3) is 0 Å². The Morgan fingerprint density at radius 1 is 1.48 bits per heavy atom. The molecule has 4 atom stereocenters. The summed E-state index contributed by atoms with van der Waals surface area (Å²) >= 11 is 0. The van der Waals surface area contributed by atoms with E-state index in [-0.39, 0.29) is 31.6 Å². The molecule has 2 rings (SSSR count). The normalized spacial score (nSPS) is 23.0. The number of hydrogen-bond donors (Lipinski definition) is 5. The number of aliphatic hydroxyl groups is 1. The Morgan fingerprint density at radius 3 is 2.52 bits per heavy atom. The van der Waals surface area contributed by atoms with E-state index >= 15 is 0 Å². The first kappa shape index (κ1) is 24.3. The molecule has 0 aromatic rings. The number of nitrogens with one attached hydrogen (secondary N) is 1. The molecule has 0 aliphatic carbocycles. The van der Waals surface area contributed by atoms with Crippen LogP contribution < -0.4 is 16.2 Å². The number of hydrogen-bond acceptors (Lipinski definition) is 8. The van der Waals surface area contributed by atoms with Gasteiger partial charge in [0.25, 0.3) is 0 Å². The molecule has 1 amide bonds. The van der Waals surface area contributed by atoms with Crippen LogP contribution in [0.2, 0.25) is 0 Å². The molecule has 0 spiro atoms. The Balaban J connectivity index is 0.00000154. The Bertz CT molecular complexity index is 693. The molecule has 2 aliphatic heterocycles. The number of carbonyl (C=O) groups is 3. The van der Waals surface area contributed by atoms with E-state index < -0.39 is 24.1 Å². The number of amidine groups is 1. The number of methoxy groups -OCH3 is 1. The third kappa shape index (κ3) is 5.89. The van der Waals surface area contributed by atoms with Crippen molar-refractivity contribution < 1.29 is 41.0 Å². The maximum absolute atomic E-state index is 12.3. The summed E-state index contributed by atoms with van der Waals surface area (Å²) in [5.41, 5.74) is 6.43. The second-order valence-electron chi connectivity index (χ2n) is 6.71. The first-order valence-corrected chi connectivity index (χ1v) is 8.86. The fourth-order valence-corrected chi connectivity index (χ4v) is 3.63. The van der Waals surface area contributed by atoms with Crippen LogP contribution in [0.3, 0.4) is 0 Å². The van der Waals surface area contributed by atoms with Gasteiger partial charge >= 0.3 is 7.40 Å². The highest BCUT2D eigenvalue weighted by Gasteiger charge is 2.57. The SMILES string of the molecule is CNC[C@H](CN=C(N)COC)C1=C(C(=O)O)N2C(=O)[C@H]([C@@H](C)O)[C@H]2C1.O=C([O-])O.[H+]. The summed E-state index contributed by atoms with van der Waals surface area (Å²) in [4.78, 5) is 38.0. The van der Waals surface area contributed by atoms with Gasteiger partial charge < -0.3 is 45.9 Å². The minimum absolute atomic E-state index is 0. The number of carboxylic acid groups (broad SMARTS) is 3. The fourth-order valence-electron chi connectivity index (χ4n) is 3.63. The molecule has 29 heavy (non-hydrogen) atoms. The summed E-state index contributed by atoms with van der Waals surface area (Å²) in [6, 6.07) is -0.298. The van der Waals surface area contributed by atoms with Gasteiger partial charge in [-0.05, 0) is 26.0 Å². The molecule has 164 valence electrons. The van der Waals surface area contributed by atoms with Gasteiger partial charge in [0, 0.05) is 26.1 Å². The Hall–Kier alpha value is -2.70. The van der Waals surface area contributed by atoms with Gasteiger partial charge in [-0.2, -0.15) is 0 Å². The summed E-state index contributed by atoms with van der Waals surface area (Å²) in [5, 5.41) is 37.8. The molecule has 0 aromatic carbocycles. The molecule has 0 unspecified atom stereocenters. The molecular formula is C17H28N4O8. The summed E-state index contributed by atoms with van der Waals surface area (Å²) < 4.78 is 4.92. The van der Waals surface area contributed by atoms with E-state index in [4.69, 9.17) is 25.5 Å². The minimum atomic E-state index is -2.08. The molecule has 12 heteroatoms. The number of fused-ring (bicyclic) bond motifs is 1. The zero-order chi connectivity index (χ0) is 22.3. The van der Waals surface area contributed by atoms with Crippen molar-refractivity contribution >= 4 is 23.9 Å². The lowest BCUT2D eigenvalue weighted by Gasteiger charge is -2.44. The number of aliphatic imine (C=N–C) groups is 1. The lowest BCUT2D eigenvalue weighted by molar-refractivity contribution is -0.275. The minimum Gasteiger partial charge on any atom is -0.565 e. The molecule has 0 radical (unpaired) electrons. The number of ether oxygens (including phenoxy) is 1. The molecule has 0 bridgehead atoms. The molecule has 6 N–H and O–H groups in total. The smallest absolute Gasteiger partial charge is 0.565 e. The number of carboxylic acids is 1. The van der Waals surface area contributed by atoms with Crippen molar-refractivity contribution in [3.63, 3.8) is 0 Å². The third-order valence-electron chi connectivity index (χ3n) is 4.72. The van der Waals surface area contributed by atoms with Gasteiger partial charge in [-0.25, -0.2) is 4.79 Å². The average molecular weight is 416 g/mol. The van der Waals surface area contributed by atoms with E-state index in [1.165, 1.54) is 12.0 Å². The van der Waals surface area contributed by atoms with Crippen LogP contribution in [-0.2, 0) is 14.3 Å². The van der Waals surface area contributed by atoms with Crippen molar-refractivity contribution in [2.45, 2.75) is 25.5 Å². The second-order valence-corrected chi connectivity index (χ2v) is 6.71. The largest absolute Gasteiger partial charge is 1.00 e. The standard InChI is InChI=1S/C16H26N4O5.CH2O3/c1-8(21)13-11-4-10(14(16(23)24)20(11)15(13)22)9(5-18-2)6-19-12(17)7-25-3;2-1(3)4/h8-9,11,13,18,21H,4-7H2,1-3H3,(H2,17,19)(H,23,24);(H2,2,3,4)/t8-,9-,11-,13-;/m1./s1. The highest BCUT2D eigenvalue weighted by molar-refractivity contribution is 5.99. The summed E-state index contributed by atoms with van der Waals surface area (Å²) in [5.74, 6) is -1.90. The lowest BCUT2D eigenvalue weighted by Crippen LogP contribution is -2.61. The summed E-state index contributed by atoms with van der Waals surface area (Å²) in [6.07, 6.45) is -2.46. The monoisotopic (exact) mass is 416 g/mol. The van der Waals surface area contributed by atoms with Gasteiger partial charge in [0.15, 0.2) is 0 Å². The Morgan fingerprint density at radius 2 is 2.07 bits per heavy atom. The summed E-state index contributed by atoms with van der Waals surface area (Å²) in [7, 11) is 3.28. The summed E-state index contributed by atoms with van der Waals surface area (Å²) in [6.45, 7) is 2.56. The van der Waals surface area contributed by atoms with Gasteiger partial charge in [-0.1, -0.05) is 0 Å².